The molecule has 0 unspecified atom stereocenters. The maximum absolute atomic E-state index is 10.1. The Morgan fingerprint density at radius 1 is 1.25 bits per heavy atom. The fourth-order valence-corrected chi connectivity index (χ4v) is 0.655. The van der Waals surface area contributed by atoms with Gasteiger partial charge in [0.15, 0.2) is 0 Å². The lowest BCUT2D eigenvalue weighted by atomic mass is 10.2. The molecule has 0 fully saturated rings. The number of carboxylic acids is 1. The van der Waals surface area contributed by atoms with Crippen LogP contribution in [0, 0.1) is 0 Å². The highest BCUT2D eigenvalue weighted by Gasteiger charge is 1.92. The van der Waals surface area contributed by atoms with E-state index in [2.05, 4.69) is 0 Å². The minimum atomic E-state index is -0.771. The number of rotatable bonds is 6. The maximum Gasteiger partial charge on any atom is 0.303 e. The number of hydrogen-bond acceptors (Lipinski definition) is 2. The molecule has 0 aromatic carbocycles. The molecule has 0 rings (SSSR count). The average Bonchev–Trinajstić information content (AvgIpc) is 2.02. The molecule has 0 saturated carbocycles. The quantitative estimate of drug-likeness (QED) is 0.283. The molecule has 0 aliphatic heterocycles. The predicted octanol–water partition coefficient (Wildman–Crippen LogP) is 1.55. The van der Waals surface area contributed by atoms with Crippen molar-refractivity contribution in [2.75, 3.05) is 0 Å². The Labute approximate surface area is 71.4 Å². The van der Waals surface area contributed by atoms with Gasteiger partial charge >= 0.3 is 5.97 Å². The summed E-state index contributed by atoms with van der Waals surface area (Å²) in [7, 11) is 0. The number of carbonyl (C=O) groups excluding carboxylic acids is 1. The van der Waals surface area contributed by atoms with Crippen LogP contribution in [0.5, 0.6) is 0 Å². The lowest BCUT2D eigenvalue weighted by Gasteiger charge is -1.88. The predicted molar refractivity (Wildman–Crippen MR) is 45.8 cm³/mol. The van der Waals surface area contributed by atoms with Gasteiger partial charge in [-0.1, -0.05) is 18.2 Å². The molecule has 3 heteroatoms. The summed E-state index contributed by atoms with van der Waals surface area (Å²) in [5, 5.41) is 8.27. The van der Waals surface area contributed by atoms with E-state index in [1.807, 2.05) is 6.08 Å². The van der Waals surface area contributed by atoms with E-state index < -0.39 is 5.97 Å². The summed E-state index contributed by atoms with van der Waals surface area (Å²) in [6, 6.07) is 0. The van der Waals surface area contributed by atoms with Gasteiger partial charge in [-0.2, -0.15) is 0 Å². The largest absolute Gasteiger partial charge is 0.481 e. The summed E-state index contributed by atoms with van der Waals surface area (Å²) in [5.74, 6) is -0.771. The van der Waals surface area contributed by atoms with E-state index >= 15 is 0 Å². The highest BCUT2D eigenvalue weighted by molar-refractivity contribution is 5.66. The zero-order valence-corrected chi connectivity index (χ0v) is 6.77. The molecular formula is C9H12O3. The normalized spacial score (nSPS) is 11.0. The minimum absolute atomic E-state index is 0.196. The van der Waals surface area contributed by atoms with Crippen molar-refractivity contribution in [1.82, 2.24) is 0 Å². The molecule has 0 saturated heterocycles. The van der Waals surface area contributed by atoms with Crippen molar-refractivity contribution < 1.29 is 14.7 Å². The molecule has 3 nitrogen and oxygen atoms in total. The zero-order chi connectivity index (χ0) is 9.23. The average molecular weight is 168 g/mol. The van der Waals surface area contributed by atoms with Gasteiger partial charge in [0.25, 0.3) is 0 Å². The van der Waals surface area contributed by atoms with Gasteiger partial charge < -0.3 is 5.11 Å². The summed E-state index contributed by atoms with van der Waals surface area (Å²) >= 11 is 0. The second kappa shape index (κ2) is 7.72. The molecule has 0 aromatic heterocycles. The second-order valence-corrected chi connectivity index (χ2v) is 2.24. The van der Waals surface area contributed by atoms with Crippen LogP contribution in [0.25, 0.3) is 0 Å². The van der Waals surface area contributed by atoms with Gasteiger partial charge in [-0.05, 0) is 18.9 Å². The summed E-state index contributed by atoms with van der Waals surface area (Å²) in [6.07, 6.45) is 8.83. The number of carboxylic acid groups (broad SMARTS) is 1. The van der Waals surface area contributed by atoms with E-state index in [0.717, 1.165) is 6.42 Å². The summed E-state index contributed by atoms with van der Waals surface area (Å²) in [5.41, 5.74) is 0. The fourth-order valence-electron chi connectivity index (χ4n) is 0.655. The first kappa shape index (κ1) is 10.6. The topological polar surface area (TPSA) is 54.4 Å². The van der Waals surface area contributed by atoms with Gasteiger partial charge in [0.1, 0.15) is 6.29 Å². The Hall–Kier alpha value is -1.38. The molecule has 0 aliphatic rings. The van der Waals surface area contributed by atoms with Gasteiger partial charge in [0.2, 0.25) is 0 Å². The van der Waals surface area contributed by atoms with E-state index in [1.54, 1.807) is 12.2 Å². The Kier molecular flexibility index (Phi) is 6.84. The Balaban J connectivity index is 3.30. The van der Waals surface area contributed by atoms with E-state index in [-0.39, 0.29) is 6.42 Å². The highest BCUT2D eigenvalue weighted by atomic mass is 16.4. The van der Waals surface area contributed by atoms with Crippen LogP contribution in [0.2, 0.25) is 0 Å². The second-order valence-electron chi connectivity index (χ2n) is 2.24. The Morgan fingerprint density at radius 2 is 2.00 bits per heavy atom. The smallest absolute Gasteiger partial charge is 0.303 e. The van der Waals surface area contributed by atoms with E-state index in [1.165, 1.54) is 6.08 Å². The zero-order valence-electron chi connectivity index (χ0n) is 6.77. The maximum atomic E-state index is 10.1. The van der Waals surface area contributed by atoms with Crippen LogP contribution in [-0.2, 0) is 9.59 Å². The molecule has 0 amide bonds. The van der Waals surface area contributed by atoms with Crippen molar-refractivity contribution in [3.05, 3.63) is 24.3 Å². The number of unbranched alkanes of at least 4 members (excludes halogenated alkanes) is 1. The van der Waals surface area contributed by atoms with E-state index in [0.29, 0.717) is 12.7 Å². The summed E-state index contributed by atoms with van der Waals surface area (Å²) in [6.45, 7) is 0. The Morgan fingerprint density at radius 3 is 2.58 bits per heavy atom. The standard InChI is InChI=1S/C9H12O3/c10-8-6-4-2-1-3-5-7-9(11)12/h1-2,4,6,8H,3,5,7H2,(H,11,12). The van der Waals surface area contributed by atoms with Gasteiger partial charge in [0.05, 0.1) is 0 Å². The lowest BCUT2D eigenvalue weighted by molar-refractivity contribution is -0.137. The third-order valence-electron chi connectivity index (χ3n) is 1.20. The molecular weight excluding hydrogens is 156 g/mol. The fraction of sp³-hybridized carbons (Fsp3) is 0.333. The van der Waals surface area contributed by atoms with Crippen molar-refractivity contribution in [3.8, 4) is 0 Å². The van der Waals surface area contributed by atoms with Crippen molar-refractivity contribution in [2.24, 2.45) is 0 Å². The number of carbonyl (C=O) groups is 2. The minimum Gasteiger partial charge on any atom is -0.481 e. The van der Waals surface area contributed by atoms with Crippen molar-refractivity contribution in [1.29, 1.82) is 0 Å². The summed E-state index contributed by atoms with van der Waals surface area (Å²) < 4.78 is 0. The van der Waals surface area contributed by atoms with Crippen molar-refractivity contribution in [3.63, 3.8) is 0 Å². The van der Waals surface area contributed by atoms with Gasteiger partial charge in [-0.25, -0.2) is 0 Å². The van der Waals surface area contributed by atoms with Gasteiger partial charge in [0, 0.05) is 6.42 Å². The number of aldehydes is 1. The third kappa shape index (κ3) is 8.62. The lowest BCUT2D eigenvalue weighted by Crippen LogP contribution is -1.92. The molecule has 0 aromatic rings. The third-order valence-corrected chi connectivity index (χ3v) is 1.20. The van der Waals surface area contributed by atoms with Crippen LogP contribution in [0.4, 0.5) is 0 Å². The molecule has 1 N–H and O–H groups in total. The van der Waals surface area contributed by atoms with E-state index in [9.17, 15) is 9.59 Å². The van der Waals surface area contributed by atoms with Crippen molar-refractivity contribution >= 4 is 12.3 Å². The molecule has 66 valence electrons. The molecule has 0 aliphatic carbocycles. The van der Waals surface area contributed by atoms with E-state index in [4.69, 9.17) is 5.11 Å². The van der Waals surface area contributed by atoms with Crippen LogP contribution in [0.15, 0.2) is 24.3 Å². The number of allylic oxidation sites excluding steroid dienone is 4. The summed E-state index contributed by atoms with van der Waals surface area (Å²) in [4.78, 5) is 19.8. The molecule has 0 radical (unpaired) electrons. The van der Waals surface area contributed by atoms with Crippen LogP contribution in [0.1, 0.15) is 19.3 Å². The number of aliphatic carboxylic acids is 1. The SMILES string of the molecule is O=CC=CC=CCCCC(=O)O. The molecule has 0 atom stereocenters. The molecule has 0 spiro atoms. The Bertz CT molecular complexity index is 192. The van der Waals surface area contributed by atoms with Gasteiger partial charge in [-0.15, -0.1) is 0 Å². The van der Waals surface area contributed by atoms with Crippen molar-refractivity contribution in [2.45, 2.75) is 19.3 Å². The molecule has 0 heterocycles. The van der Waals surface area contributed by atoms with Gasteiger partial charge in [-0.3, -0.25) is 9.59 Å². The molecule has 0 bridgehead atoms. The first-order chi connectivity index (χ1) is 5.77. The first-order valence-corrected chi connectivity index (χ1v) is 3.76. The first-order valence-electron chi connectivity index (χ1n) is 3.76. The van der Waals surface area contributed by atoms with Crippen LogP contribution >= 0.6 is 0 Å². The highest BCUT2D eigenvalue weighted by Crippen LogP contribution is 1.96. The molecule has 12 heavy (non-hydrogen) atoms. The monoisotopic (exact) mass is 168 g/mol. The van der Waals surface area contributed by atoms with Crippen LogP contribution < -0.4 is 0 Å². The van der Waals surface area contributed by atoms with Crippen LogP contribution in [-0.4, -0.2) is 17.4 Å². The van der Waals surface area contributed by atoms with Crippen LogP contribution in [0.3, 0.4) is 0 Å². The number of hydrogen-bond donors (Lipinski definition) is 1.